The van der Waals surface area contributed by atoms with E-state index in [2.05, 4.69) is 16.7 Å². The van der Waals surface area contributed by atoms with E-state index in [0.717, 1.165) is 18.7 Å². The summed E-state index contributed by atoms with van der Waals surface area (Å²) in [6.07, 6.45) is 0. The van der Waals surface area contributed by atoms with Gasteiger partial charge >= 0.3 is 6.03 Å². The number of amides is 2. The Morgan fingerprint density at radius 2 is 2.29 bits per heavy atom. The second-order valence-corrected chi connectivity index (χ2v) is 3.39. The third-order valence-electron chi connectivity index (χ3n) is 2.41. The van der Waals surface area contributed by atoms with E-state index in [1.807, 2.05) is 18.2 Å². The molecule has 4 N–H and O–H groups in total. The first-order valence-corrected chi connectivity index (χ1v) is 4.62. The molecule has 1 aromatic rings. The van der Waals surface area contributed by atoms with Crippen molar-refractivity contribution in [1.82, 2.24) is 10.6 Å². The van der Waals surface area contributed by atoms with Crippen LogP contribution in [0.25, 0.3) is 0 Å². The van der Waals surface area contributed by atoms with Crippen LogP contribution in [0.3, 0.4) is 0 Å². The molecule has 4 nitrogen and oxygen atoms in total. The third kappa shape index (κ3) is 1.70. The average Bonchev–Trinajstić information content (AvgIpc) is 2.18. The highest BCUT2D eigenvalue weighted by atomic mass is 16.2. The number of nitrogens with one attached hydrogen (secondary N) is 2. The summed E-state index contributed by atoms with van der Waals surface area (Å²) in [5.41, 5.74) is 7.48. The van der Waals surface area contributed by atoms with E-state index in [0.29, 0.717) is 0 Å². The number of nitrogens with two attached hydrogens (primary N) is 1. The van der Waals surface area contributed by atoms with E-state index in [1.54, 1.807) is 0 Å². The first-order valence-electron chi connectivity index (χ1n) is 4.62. The summed E-state index contributed by atoms with van der Waals surface area (Å²) >= 11 is 0. The zero-order chi connectivity index (χ0) is 9.97. The van der Waals surface area contributed by atoms with E-state index in [9.17, 15) is 4.79 Å². The number of urea groups is 1. The molecular weight excluding hydrogens is 178 g/mol. The van der Waals surface area contributed by atoms with Gasteiger partial charge in [-0.15, -0.1) is 0 Å². The highest BCUT2D eigenvalue weighted by Gasteiger charge is 2.19. The van der Waals surface area contributed by atoms with Crippen molar-refractivity contribution >= 4 is 6.03 Å². The maximum atomic E-state index is 10.8. The Bertz CT molecular complexity index is 351. The van der Waals surface area contributed by atoms with Crippen LogP contribution in [0, 0.1) is 0 Å². The molecule has 2 amide bonds. The number of fused-ring (bicyclic) bond motifs is 1. The molecule has 0 saturated heterocycles. The molecule has 0 radical (unpaired) electrons. The van der Waals surface area contributed by atoms with Gasteiger partial charge in [0.1, 0.15) is 0 Å². The molecule has 1 unspecified atom stereocenters. The van der Waals surface area contributed by atoms with E-state index >= 15 is 0 Å². The van der Waals surface area contributed by atoms with Crippen molar-refractivity contribution < 1.29 is 4.79 Å². The van der Waals surface area contributed by atoms with E-state index in [-0.39, 0.29) is 6.04 Å². The largest absolute Gasteiger partial charge is 0.352 e. The highest BCUT2D eigenvalue weighted by molar-refractivity contribution is 5.72. The molecule has 1 aliphatic rings. The summed E-state index contributed by atoms with van der Waals surface area (Å²) < 4.78 is 0. The van der Waals surface area contributed by atoms with Gasteiger partial charge < -0.3 is 16.4 Å². The Labute approximate surface area is 82.5 Å². The lowest BCUT2D eigenvalue weighted by atomic mass is 9.97. The van der Waals surface area contributed by atoms with Crippen molar-refractivity contribution in [2.75, 3.05) is 6.54 Å². The number of benzene rings is 1. The number of rotatable bonds is 1. The summed E-state index contributed by atoms with van der Waals surface area (Å²) in [6, 6.07) is 7.56. The van der Waals surface area contributed by atoms with Gasteiger partial charge in [-0.25, -0.2) is 4.79 Å². The SMILES string of the molecule is NC(=O)NC1CNCc2ccccc21. The van der Waals surface area contributed by atoms with Crippen LogP contribution in [0.5, 0.6) is 0 Å². The first-order chi connectivity index (χ1) is 6.77. The number of primary amides is 1. The van der Waals surface area contributed by atoms with Gasteiger partial charge in [-0.05, 0) is 11.1 Å². The number of carbonyl (C=O) groups is 1. The predicted molar refractivity (Wildman–Crippen MR) is 53.6 cm³/mol. The Kier molecular flexibility index (Phi) is 2.37. The standard InChI is InChI=1S/C10H13N3O/c11-10(14)13-9-6-12-5-7-3-1-2-4-8(7)9/h1-4,9,12H,5-6H2,(H3,11,13,14). The van der Waals surface area contributed by atoms with Gasteiger partial charge in [0.2, 0.25) is 0 Å². The fourth-order valence-electron chi connectivity index (χ4n) is 1.80. The lowest BCUT2D eigenvalue weighted by Crippen LogP contribution is -2.41. The van der Waals surface area contributed by atoms with Crippen LogP contribution in [0.1, 0.15) is 17.2 Å². The van der Waals surface area contributed by atoms with Crippen molar-refractivity contribution in [1.29, 1.82) is 0 Å². The molecule has 74 valence electrons. The summed E-state index contributed by atoms with van der Waals surface area (Å²) in [5, 5.41) is 5.94. The smallest absolute Gasteiger partial charge is 0.312 e. The molecule has 0 saturated carbocycles. The van der Waals surface area contributed by atoms with Crippen LogP contribution in [0.15, 0.2) is 24.3 Å². The summed E-state index contributed by atoms with van der Waals surface area (Å²) in [4.78, 5) is 10.8. The van der Waals surface area contributed by atoms with Crippen LogP contribution >= 0.6 is 0 Å². The maximum Gasteiger partial charge on any atom is 0.312 e. The normalized spacial score (nSPS) is 19.9. The molecule has 0 bridgehead atoms. The molecule has 1 aliphatic heterocycles. The molecule has 1 atom stereocenters. The number of carbonyl (C=O) groups excluding carboxylic acids is 1. The maximum absolute atomic E-state index is 10.8. The van der Waals surface area contributed by atoms with Crippen molar-refractivity contribution in [2.45, 2.75) is 12.6 Å². The second-order valence-electron chi connectivity index (χ2n) is 3.39. The zero-order valence-electron chi connectivity index (χ0n) is 7.79. The van der Waals surface area contributed by atoms with Crippen LogP contribution in [-0.4, -0.2) is 12.6 Å². The van der Waals surface area contributed by atoms with Crippen LogP contribution < -0.4 is 16.4 Å². The van der Waals surface area contributed by atoms with Crippen molar-refractivity contribution in [2.24, 2.45) is 5.73 Å². The predicted octanol–water partition coefficient (Wildman–Crippen LogP) is 0.499. The Morgan fingerprint density at radius 1 is 1.50 bits per heavy atom. The molecule has 2 rings (SSSR count). The van der Waals surface area contributed by atoms with E-state index < -0.39 is 6.03 Å². The van der Waals surface area contributed by atoms with Crippen LogP contribution in [-0.2, 0) is 6.54 Å². The second kappa shape index (κ2) is 3.67. The fourth-order valence-corrected chi connectivity index (χ4v) is 1.80. The minimum Gasteiger partial charge on any atom is -0.352 e. The molecule has 0 fully saturated rings. The molecule has 14 heavy (non-hydrogen) atoms. The third-order valence-corrected chi connectivity index (χ3v) is 2.41. The van der Waals surface area contributed by atoms with Crippen molar-refractivity contribution in [3.8, 4) is 0 Å². The fraction of sp³-hybridized carbons (Fsp3) is 0.300. The van der Waals surface area contributed by atoms with Gasteiger partial charge in [0.05, 0.1) is 6.04 Å². The van der Waals surface area contributed by atoms with Gasteiger partial charge in [-0.2, -0.15) is 0 Å². The molecule has 1 aromatic carbocycles. The molecule has 0 aliphatic carbocycles. The van der Waals surface area contributed by atoms with Crippen LogP contribution in [0.2, 0.25) is 0 Å². The number of hydrogen-bond acceptors (Lipinski definition) is 2. The van der Waals surface area contributed by atoms with Gasteiger partial charge in [0.25, 0.3) is 0 Å². The van der Waals surface area contributed by atoms with Crippen molar-refractivity contribution in [3.63, 3.8) is 0 Å². The highest BCUT2D eigenvalue weighted by Crippen LogP contribution is 2.20. The lowest BCUT2D eigenvalue weighted by molar-refractivity contribution is 0.244. The summed E-state index contributed by atoms with van der Waals surface area (Å²) in [7, 11) is 0. The summed E-state index contributed by atoms with van der Waals surface area (Å²) in [6.45, 7) is 1.59. The Hall–Kier alpha value is -1.55. The lowest BCUT2D eigenvalue weighted by Gasteiger charge is -2.26. The monoisotopic (exact) mass is 191 g/mol. The van der Waals surface area contributed by atoms with E-state index in [1.165, 1.54) is 5.56 Å². The van der Waals surface area contributed by atoms with E-state index in [4.69, 9.17) is 5.73 Å². The molecule has 0 spiro atoms. The first kappa shape index (κ1) is 9.02. The minimum atomic E-state index is -0.478. The Morgan fingerprint density at radius 3 is 3.07 bits per heavy atom. The molecule has 1 heterocycles. The van der Waals surface area contributed by atoms with Crippen molar-refractivity contribution in [3.05, 3.63) is 35.4 Å². The molecule has 0 aromatic heterocycles. The zero-order valence-corrected chi connectivity index (χ0v) is 7.79. The van der Waals surface area contributed by atoms with Gasteiger partial charge in [-0.1, -0.05) is 24.3 Å². The quantitative estimate of drug-likeness (QED) is 0.605. The molecule has 4 heteroatoms. The average molecular weight is 191 g/mol. The van der Waals surface area contributed by atoms with Gasteiger partial charge in [0.15, 0.2) is 0 Å². The van der Waals surface area contributed by atoms with Gasteiger partial charge in [0, 0.05) is 13.1 Å². The molecular formula is C10H13N3O. The minimum absolute atomic E-state index is 0.00236. The van der Waals surface area contributed by atoms with Gasteiger partial charge in [-0.3, -0.25) is 0 Å². The number of hydrogen-bond donors (Lipinski definition) is 3. The summed E-state index contributed by atoms with van der Waals surface area (Å²) in [5.74, 6) is 0. The Balaban J connectivity index is 2.26. The topological polar surface area (TPSA) is 67.2 Å². The van der Waals surface area contributed by atoms with Crippen LogP contribution in [0.4, 0.5) is 4.79 Å².